The number of sulfone groups is 1. The molecule has 0 saturated carbocycles. The molecule has 0 bridgehead atoms. The van der Waals surface area contributed by atoms with E-state index >= 15 is 0 Å². The summed E-state index contributed by atoms with van der Waals surface area (Å²) < 4.78 is 27.0. The summed E-state index contributed by atoms with van der Waals surface area (Å²) in [6, 6.07) is 0. The summed E-state index contributed by atoms with van der Waals surface area (Å²) in [6.07, 6.45) is 0. The van der Waals surface area contributed by atoms with Gasteiger partial charge in [-0.1, -0.05) is 20.8 Å². The zero-order valence-electron chi connectivity index (χ0n) is 10.2. The van der Waals surface area contributed by atoms with Crippen LogP contribution >= 0.6 is 0 Å². The molecule has 5 heteroatoms. The third-order valence-corrected chi connectivity index (χ3v) is 5.05. The molecule has 0 aliphatic rings. The minimum atomic E-state index is -3.50. The second-order valence-electron chi connectivity index (χ2n) is 5.32. The molecule has 0 aromatic heterocycles. The maximum atomic E-state index is 12.0. The van der Waals surface area contributed by atoms with Gasteiger partial charge in [-0.3, -0.25) is 4.79 Å². The predicted octanol–water partition coefficient (Wildman–Crippen LogP) is 1.40. The molecule has 0 aromatic rings. The molecule has 0 N–H and O–H groups in total. The Bertz CT molecular complexity index is 333. The van der Waals surface area contributed by atoms with Crippen molar-refractivity contribution in [3.63, 3.8) is 0 Å². The average molecular weight is 236 g/mol. The lowest BCUT2D eigenvalue weighted by atomic mass is 10.0. The second-order valence-corrected chi connectivity index (χ2v) is 7.86. The monoisotopic (exact) mass is 236 g/mol. The van der Waals surface area contributed by atoms with E-state index in [0.717, 1.165) is 0 Å². The third kappa shape index (κ3) is 3.48. The summed E-state index contributed by atoms with van der Waals surface area (Å²) in [7, 11) is -2.31. The molecule has 0 amide bonds. The van der Waals surface area contributed by atoms with Crippen LogP contribution in [0.1, 0.15) is 34.6 Å². The Labute approximate surface area is 91.9 Å². The Kier molecular flexibility index (Phi) is 3.96. The Morgan fingerprint density at radius 2 is 1.53 bits per heavy atom. The number of rotatable bonds is 3. The summed E-state index contributed by atoms with van der Waals surface area (Å²) in [4.78, 5) is 11.4. The van der Waals surface area contributed by atoms with Crippen molar-refractivity contribution in [1.29, 1.82) is 0 Å². The van der Waals surface area contributed by atoms with Crippen molar-refractivity contribution in [3.05, 3.63) is 0 Å². The van der Waals surface area contributed by atoms with Gasteiger partial charge in [0.05, 0.1) is 12.9 Å². The van der Waals surface area contributed by atoms with Crippen LogP contribution in [0.3, 0.4) is 0 Å². The van der Waals surface area contributed by atoms with E-state index in [9.17, 15) is 13.2 Å². The number of hydrogen-bond acceptors (Lipinski definition) is 4. The molecule has 0 aliphatic heterocycles. The lowest BCUT2D eigenvalue weighted by Crippen LogP contribution is -2.45. The number of methoxy groups -OCH3 is 1. The van der Waals surface area contributed by atoms with Crippen molar-refractivity contribution in [1.82, 2.24) is 0 Å². The minimum absolute atomic E-state index is 0.0396. The van der Waals surface area contributed by atoms with E-state index < -0.39 is 20.6 Å². The Hall–Kier alpha value is -0.580. The highest BCUT2D eigenvalue weighted by molar-refractivity contribution is 7.93. The summed E-state index contributed by atoms with van der Waals surface area (Å²) >= 11 is 0. The van der Waals surface area contributed by atoms with Gasteiger partial charge in [-0.2, -0.15) is 0 Å². The van der Waals surface area contributed by atoms with Crippen LogP contribution in [-0.4, -0.2) is 32.0 Å². The first kappa shape index (κ1) is 14.4. The van der Waals surface area contributed by atoms with E-state index in [1.807, 2.05) is 20.8 Å². The molecule has 0 aromatic carbocycles. The molecule has 0 fully saturated rings. The van der Waals surface area contributed by atoms with Crippen LogP contribution in [-0.2, 0) is 19.4 Å². The molecule has 4 nitrogen and oxygen atoms in total. The molecule has 0 spiro atoms. The van der Waals surface area contributed by atoms with Crippen molar-refractivity contribution < 1.29 is 17.9 Å². The first-order chi connectivity index (χ1) is 6.44. The summed E-state index contributed by atoms with van der Waals surface area (Å²) in [5, 5.41) is 0. The molecular formula is C10H20O4S. The van der Waals surface area contributed by atoms with Gasteiger partial charge in [0.1, 0.15) is 0 Å². The van der Waals surface area contributed by atoms with Gasteiger partial charge in [-0.25, -0.2) is 8.42 Å². The van der Waals surface area contributed by atoms with Gasteiger partial charge < -0.3 is 4.74 Å². The van der Waals surface area contributed by atoms with Gasteiger partial charge in [-0.15, -0.1) is 0 Å². The van der Waals surface area contributed by atoms with Gasteiger partial charge in [0, 0.05) is 0 Å². The molecular weight excluding hydrogens is 216 g/mol. The van der Waals surface area contributed by atoms with Crippen molar-refractivity contribution in [2.75, 3.05) is 12.9 Å². The van der Waals surface area contributed by atoms with E-state index in [1.54, 1.807) is 0 Å². The fraction of sp³-hybridized carbons (Fsp3) is 0.900. The van der Waals surface area contributed by atoms with Crippen molar-refractivity contribution >= 4 is 15.8 Å². The molecule has 0 atom stereocenters. The molecule has 0 saturated heterocycles. The van der Waals surface area contributed by atoms with Crippen LogP contribution in [0.25, 0.3) is 0 Å². The topological polar surface area (TPSA) is 60.4 Å². The molecule has 15 heavy (non-hydrogen) atoms. The highest BCUT2D eigenvalue weighted by Crippen LogP contribution is 2.26. The van der Waals surface area contributed by atoms with E-state index in [2.05, 4.69) is 4.74 Å². The van der Waals surface area contributed by atoms with Crippen LogP contribution in [0.15, 0.2) is 0 Å². The van der Waals surface area contributed by atoms with E-state index in [4.69, 9.17) is 0 Å². The predicted molar refractivity (Wildman–Crippen MR) is 59.3 cm³/mol. The van der Waals surface area contributed by atoms with Gasteiger partial charge in [0.15, 0.2) is 14.6 Å². The van der Waals surface area contributed by atoms with Crippen LogP contribution in [0.5, 0.6) is 0 Å². The molecule has 90 valence electrons. The van der Waals surface area contributed by atoms with E-state index in [1.165, 1.54) is 21.0 Å². The fourth-order valence-electron chi connectivity index (χ4n) is 1.12. The lowest BCUT2D eigenvalue weighted by molar-refractivity contribution is -0.142. The number of carbonyl (C=O) groups excluding carboxylic acids is 1. The number of ether oxygens (including phenoxy) is 1. The Morgan fingerprint density at radius 3 is 1.80 bits per heavy atom. The first-order valence-electron chi connectivity index (χ1n) is 4.75. The highest BCUT2D eigenvalue weighted by atomic mass is 32.2. The van der Waals surface area contributed by atoms with Crippen LogP contribution in [0.4, 0.5) is 0 Å². The molecule has 0 aliphatic carbocycles. The number of hydrogen-bond donors (Lipinski definition) is 0. The summed E-state index contributed by atoms with van der Waals surface area (Å²) in [6.45, 7) is 8.20. The smallest absolute Gasteiger partial charge is 0.326 e. The first-order valence-corrected chi connectivity index (χ1v) is 6.40. The van der Waals surface area contributed by atoms with Gasteiger partial charge >= 0.3 is 5.97 Å². The van der Waals surface area contributed by atoms with E-state index in [-0.39, 0.29) is 11.2 Å². The normalized spacial score (nSPS) is 13.7. The van der Waals surface area contributed by atoms with Gasteiger partial charge in [-0.05, 0) is 19.3 Å². The minimum Gasteiger partial charge on any atom is -0.468 e. The number of esters is 1. The molecule has 0 radical (unpaired) electrons. The van der Waals surface area contributed by atoms with Crippen LogP contribution in [0.2, 0.25) is 0 Å². The third-order valence-electron chi connectivity index (χ3n) is 2.08. The maximum Gasteiger partial charge on any atom is 0.326 e. The second kappa shape index (κ2) is 4.12. The molecule has 0 rings (SSSR count). The Morgan fingerprint density at radius 1 is 1.13 bits per heavy atom. The van der Waals surface area contributed by atoms with Gasteiger partial charge in [0.2, 0.25) is 0 Å². The standard InChI is InChI=1S/C10H20O4S/c1-9(2,3)7-15(12,13)10(4,5)8(11)14-6/h7H2,1-6H3. The summed E-state index contributed by atoms with van der Waals surface area (Å²) in [5.41, 5.74) is -0.371. The zero-order valence-corrected chi connectivity index (χ0v) is 11.1. The fourth-order valence-corrected chi connectivity index (χ4v) is 2.96. The van der Waals surface area contributed by atoms with Crippen molar-refractivity contribution in [2.45, 2.75) is 39.4 Å². The largest absolute Gasteiger partial charge is 0.468 e. The average Bonchev–Trinajstić information content (AvgIpc) is 1.97. The zero-order chi connectivity index (χ0) is 12.5. The molecule has 0 heterocycles. The van der Waals surface area contributed by atoms with Gasteiger partial charge in [0.25, 0.3) is 0 Å². The number of carbonyl (C=O) groups is 1. The highest BCUT2D eigenvalue weighted by Gasteiger charge is 2.44. The van der Waals surface area contributed by atoms with Crippen LogP contribution < -0.4 is 0 Å². The quantitative estimate of drug-likeness (QED) is 0.695. The lowest BCUT2D eigenvalue weighted by Gasteiger charge is -2.26. The van der Waals surface area contributed by atoms with Crippen molar-refractivity contribution in [2.24, 2.45) is 5.41 Å². The van der Waals surface area contributed by atoms with Crippen LogP contribution in [0, 0.1) is 5.41 Å². The maximum absolute atomic E-state index is 12.0. The summed E-state index contributed by atoms with van der Waals surface area (Å²) in [5.74, 6) is -0.756. The molecule has 0 unspecified atom stereocenters. The van der Waals surface area contributed by atoms with E-state index in [0.29, 0.717) is 0 Å². The van der Waals surface area contributed by atoms with Crippen molar-refractivity contribution in [3.8, 4) is 0 Å². The Balaban J connectivity index is 5.13. The SMILES string of the molecule is COC(=O)C(C)(C)S(=O)(=O)CC(C)(C)C.